The maximum absolute atomic E-state index is 11.8. The van der Waals surface area contributed by atoms with E-state index in [2.05, 4.69) is 5.32 Å². The molecule has 1 aromatic carbocycles. The van der Waals surface area contributed by atoms with Gasteiger partial charge >= 0.3 is 5.97 Å². The van der Waals surface area contributed by atoms with Crippen LogP contribution < -0.4 is 14.8 Å². The van der Waals surface area contributed by atoms with Gasteiger partial charge < -0.3 is 23.9 Å². The van der Waals surface area contributed by atoms with E-state index in [1.807, 2.05) is 0 Å². The highest BCUT2D eigenvalue weighted by atomic mass is 16.7. The first-order valence-corrected chi connectivity index (χ1v) is 6.54. The number of anilines is 1. The number of ether oxygens (including phenoxy) is 3. The number of amides is 1. The molecule has 0 saturated heterocycles. The second-order valence-corrected chi connectivity index (χ2v) is 4.58. The van der Waals surface area contributed by atoms with Crippen LogP contribution in [0.5, 0.6) is 11.5 Å². The molecule has 114 valence electrons. The topological polar surface area (TPSA) is 87.0 Å². The van der Waals surface area contributed by atoms with E-state index in [0.29, 0.717) is 28.5 Å². The van der Waals surface area contributed by atoms with Gasteiger partial charge in [0.15, 0.2) is 18.1 Å². The number of rotatable bonds is 4. The van der Waals surface area contributed by atoms with Gasteiger partial charge in [0.1, 0.15) is 11.3 Å². The van der Waals surface area contributed by atoms with Gasteiger partial charge in [-0.25, -0.2) is 4.79 Å². The lowest BCUT2D eigenvalue weighted by atomic mass is 10.2. The van der Waals surface area contributed by atoms with Gasteiger partial charge in [-0.3, -0.25) is 4.79 Å². The summed E-state index contributed by atoms with van der Waals surface area (Å²) in [6.45, 7) is 1.41. The van der Waals surface area contributed by atoms with Gasteiger partial charge in [-0.1, -0.05) is 0 Å². The molecule has 2 aromatic rings. The Balaban J connectivity index is 1.54. The van der Waals surface area contributed by atoms with Crippen molar-refractivity contribution in [1.82, 2.24) is 0 Å². The van der Waals surface area contributed by atoms with Crippen LogP contribution in [0.15, 0.2) is 34.9 Å². The van der Waals surface area contributed by atoms with Crippen LogP contribution in [0.25, 0.3) is 0 Å². The Kier molecular flexibility index (Phi) is 3.69. The van der Waals surface area contributed by atoms with Gasteiger partial charge in [0.25, 0.3) is 5.91 Å². The normalized spacial score (nSPS) is 12.0. The molecule has 1 N–H and O–H groups in total. The Morgan fingerprint density at radius 2 is 2.05 bits per heavy atom. The zero-order valence-electron chi connectivity index (χ0n) is 11.8. The number of furan rings is 1. The number of carbonyl (C=O) groups excluding carboxylic acids is 2. The van der Waals surface area contributed by atoms with E-state index in [1.165, 1.54) is 12.3 Å². The van der Waals surface area contributed by atoms with Gasteiger partial charge in [0.05, 0.1) is 6.26 Å². The molecule has 0 atom stereocenters. The highest BCUT2D eigenvalue weighted by Crippen LogP contribution is 2.34. The number of nitrogens with one attached hydrogen (secondary N) is 1. The number of esters is 1. The van der Waals surface area contributed by atoms with Crippen LogP contribution in [-0.4, -0.2) is 25.3 Å². The molecule has 7 heteroatoms. The van der Waals surface area contributed by atoms with E-state index in [1.54, 1.807) is 25.1 Å². The second kappa shape index (κ2) is 5.80. The summed E-state index contributed by atoms with van der Waals surface area (Å²) < 4.78 is 20.3. The summed E-state index contributed by atoms with van der Waals surface area (Å²) in [4.78, 5) is 23.5. The number of aryl methyl sites for hydroxylation is 1. The van der Waals surface area contributed by atoms with Gasteiger partial charge in [0, 0.05) is 11.8 Å². The molecule has 0 spiro atoms. The summed E-state index contributed by atoms with van der Waals surface area (Å²) in [5.74, 6) is 0.574. The van der Waals surface area contributed by atoms with Crippen LogP contribution in [0.1, 0.15) is 16.1 Å². The minimum Gasteiger partial charge on any atom is -0.469 e. The molecule has 7 nitrogen and oxygen atoms in total. The van der Waals surface area contributed by atoms with E-state index in [-0.39, 0.29) is 6.79 Å². The first-order valence-electron chi connectivity index (χ1n) is 6.54. The zero-order chi connectivity index (χ0) is 15.5. The lowest BCUT2D eigenvalue weighted by Crippen LogP contribution is -2.21. The molecular weight excluding hydrogens is 290 g/mol. The van der Waals surface area contributed by atoms with Crippen LogP contribution in [0.4, 0.5) is 5.69 Å². The quantitative estimate of drug-likeness (QED) is 0.870. The molecule has 0 fully saturated rings. The minimum atomic E-state index is -0.605. The van der Waals surface area contributed by atoms with Gasteiger partial charge in [-0.15, -0.1) is 0 Å². The molecule has 1 amide bonds. The Labute approximate surface area is 125 Å². The maximum Gasteiger partial charge on any atom is 0.342 e. The predicted octanol–water partition coefficient (Wildman–Crippen LogP) is 2.11. The molecule has 1 aliphatic heterocycles. The Bertz CT molecular complexity index is 721. The van der Waals surface area contributed by atoms with Crippen molar-refractivity contribution in [3.63, 3.8) is 0 Å². The average Bonchev–Trinajstić information content (AvgIpc) is 3.12. The molecule has 0 radical (unpaired) electrons. The molecule has 0 saturated carbocycles. The average molecular weight is 303 g/mol. The summed E-state index contributed by atoms with van der Waals surface area (Å²) in [5, 5.41) is 2.61. The number of carbonyl (C=O) groups is 2. The molecule has 3 rings (SSSR count). The highest BCUT2D eigenvalue weighted by Gasteiger charge is 2.16. The number of hydrogen-bond donors (Lipinski definition) is 1. The molecule has 22 heavy (non-hydrogen) atoms. The zero-order valence-corrected chi connectivity index (χ0v) is 11.8. The van der Waals surface area contributed by atoms with Crippen molar-refractivity contribution in [3.8, 4) is 11.5 Å². The summed E-state index contributed by atoms with van der Waals surface area (Å²) in [6, 6.07) is 6.50. The molecule has 1 aliphatic rings. The fraction of sp³-hybridized carbons (Fsp3) is 0.200. The van der Waals surface area contributed by atoms with Crippen molar-refractivity contribution >= 4 is 17.6 Å². The van der Waals surface area contributed by atoms with Crippen LogP contribution in [0.2, 0.25) is 0 Å². The fourth-order valence-electron chi connectivity index (χ4n) is 1.98. The van der Waals surface area contributed by atoms with E-state index < -0.39 is 18.5 Å². The van der Waals surface area contributed by atoms with Gasteiger partial charge in [0.2, 0.25) is 6.79 Å². The highest BCUT2D eigenvalue weighted by molar-refractivity contribution is 5.96. The van der Waals surface area contributed by atoms with Crippen LogP contribution in [-0.2, 0) is 9.53 Å². The van der Waals surface area contributed by atoms with Crippen molar-refractivity contribution in [1.29, 1.82) is 0 Å². The Morgan fingerprint density at radius 3 is 2.82 bits per heavy atom. The fourth-order valence-corrected chi connectivity index (χ4v) is 1.98. The van der Waals surface area contributed by atoms with E-state index in [0.717, 1.165) is 0 Å². The van der Waals surface area contributed by atoms with Crippen molar-refractivity contribution in [2.24, 2.45) is 0 Å². The summed E-state index contributed by atoms with van der Waals surface area (Å²) in [5.41, 5.74) is 0.834. The SMILES string of the molecule is Cc1occc1C(=O)OCC(=O)Nc1ccc2c(c1)OCO2. The number of benzene rings is 1. The third kappa shape index (κ3) is 2.88. The van der Waals surface area contributed by atoms with Crippen molar-refractivity contribution in [2.45, 2.75) is 6.92 Å². The molecule has 0 bridgehead atoms. The molecule has 1 aromatic heterocycles. The summed E-state index contributed by atoms with van der Waals surface area (Å²) >= 11 is 0. The van der Waals surface area contributed by atoms with Crippen LogP contribution in [0, 0.1) is 6.92 Å². The van der Waals surface area contributed by atoms with Crippen LogP contribution >= 0.6 is 0 Å². The largest absolute Gasteiger partial charge is 0.469 e. The predicted molar refractivity (Wildman–Crippen MR) is 74.9 cm³/mol. The first kappa shape index (κ1) is 14.0. The molecule has 0 unspecified atom stereocenters. The maximum atomic E-state index is 11.8. The Morgan fingerprint density at radius 1 is 1.23 bits per heavy atom. The monoisotopic (exact) mass is 303 g/mol. The van der Waals surface area contributed by atoms with Crippen molar-refractivity contribution < 1.29 is 28.2 Å². The van der Waals surface area contributed by atoms with Crippen molar-refractivity contribution in [3.05, 3.63) is 41.9 Å². The van der Waals surface area contributed by atoms with Crippen LogP contribution in [0.3, 0.4) is 0 Å². The third-order valence-electron chi connectivity index (χ3n) is 3.07. The van der Waals surface area contributed by atoms with E-state index >= 15 is 0 Å². The van der Waals surface area contributed by atoms with E-state index in [4.69, 9.17) is 18.6 Å². The minimum absolute atomic E-state index is 0.161. The number of hydrogen-bond acceptors (Lipinski definition) is 6. The molecule has 2 heterocycles. The van der Waals surface area contributed by atoms with E-state index in [9.17, 15) is 9.59 Å². The standard InChI is InChI=1S/C15H13NO6/c1-9-11(4-5-19-9)15(18)20-7-14(17)16-10-2-3-12-13(6-10)22-8-21-12/h2-6H,7-8H2,1H3,(H,16,17). The lowest BCUT2D eigenvalue weighted by molar-refractivity contribution is -0.119. The van der Waals surface area contributed by atoms with Gasteiger partial charge in [-0.2, -0.15) is 0 Å². The summed E-state index contributed by atoms with van der Waals surface area (Å²) in [7, 11) is 0. The smallest absolute Gasteiger partial charge is 0.342 e. The third-order valence-corrected chi connectivity index (χ3v) is 3.07. The van der Waals surface area contributed by atoms with Crippen molar-refractivity contribution in [2.75, 3.05) is 18.7 Å². The first-order chi connectivity index (χ1) is 10.6. The summed E-state index contributed by atoms with van der Waals surface area (Å²) in [6.07, 6.45) is 1.39. The molecule has 0 aliphatic carbocycles. The molecular formula is C15H13NO6. The lowest BCUT2D eigenvalue weighted by Gasteiger charge is -2.07. The second-order valence-electron chi connectivity index (χ2n) is 4.58. The Hall–Kier alpha value is -2.96. The van der Waals surface area contributed by atoms with Gasteiger partial charge in [-0.05, 0) is 25.1 Å². The number of fused-ring (bicyclic) bond motifs is 1.